The molecule has 0 saturated heterocycles. The number of aromatic carboxylic acids is 1. The van der Waals surface area contributed by atoms with E-state index in [4.69, 9.17) is 9.52 Å². The maximum atomic E-state index is 11.9. The van der Waals surface area contributed by atoms with Gasteiger partial charge < -0.3 is 14.8 Å². The minimum atomic E-state index is -1.15. The minimum Gasteiger partial charge on any atom is -0.478 e. The molecule has 0 aromatic carbocycles. The zero-order valence-electron chi connectivity index (χ0n) is 11.0. The normalized spacial score (nSPS) is 23.0. The van der Waals surface area contributed by atoms with E-state index in [9.17, 15) is 9.59 Å². The predicted octanol–water partition coefficient (Wildman–Crippen LogP) is 2.53. The molecule has 1 saturated carbocycles. The van der Waals surface area contributed by atoms with Gasteiger partial charge in [0.2, 0.25) is 5.76 Å². The molecule has 2 N–H and O–H groups in total. The molecule has 0 atom stereocenters. The van der Waals surface area contributed by atoms with Gasteiger partial charge in [0.05, 0.1) is 6.26 Å². The number of carboxylic acids is 1. The van der Waals surface area contributed by atoms with E-state index in [1.54, 1.807) is 0 Å². The fourth-order valence-electron chi connectivity index (χ4n) is 2.50. The highest BCUT2D eigenvalue weighted by atomic mass is 16.4. The van der Waals surface area contributed by atoms with Crippen molar-refractivity contribution in [3.8, 4) is 0 Å². The Balaban J connectivity index is 1.87. The van der Waals surface area contributed by atoms with Crippen LogP contribution in [0.3, 0.4) is 0 Å². The van der Waals surface area contributed by atoms with Crippen molar-refractivity contribution in [1.82, 2.24) is 5.32 Å². The third kappa shape index (κ3) is 3.36. The Labute approximate surface area is 112 Å². The highest BCUT2D eigenvalue weighted by molar-refractivity contribution is 6.02. The van der Waals surface area contributed by atoms with Crippen molar-refractivity contribution in [2.45, 2.75) is 32.6 Å². The molecule has 0 unspecified atom stereocenters. The van der Waals surface area contributed by atoms with Gasteiger partial charge in [0.25, 0.3) is 5.91 Å². The van der Waals surface area contributed by atoms with E-state index in [-0.39, 0.29) is 11.3 Å². The molecule has 1 fully saturated rings. The highest BCUT2D eigenvalue weighted by Gasteiger charge is 2.22. The van der Waals surface area contributed by atoms with Crippen molar-refractivity contribution in [1.29, 1.82) is 0 Å². The summed E-state index contributed by atoms with van der Waals surface area (Å²) in [5.41, 5.74) is -0.0882. The van der Waals surface area contributed by atoms with Crippen molar-refractivity contribution in [2.75, 3.05) is 6.54 Å². The fourth-order valence-corrected chi connectivity index (χ4v) is 2.50. The molecule has 0 radical (unpaired) electrons. The molecule has 5 nitrogen and oxygen atoms in total. The zero-order valence-corrected chi connectivity index (χ0v) is 11.0. The van der Waals surface area contributed by atoms with Crippen molar-refractivity contribution < 1.29 is 19.1 Å². The van der Waals surface area contributed by atoms with Crippen LogP contribution in [0.2, 0.25) is 0 Å². The lowest BCUT2D eigenvalue weighted by molar-refractivity contribution is 0.0687. The van der Waals surface area contributed by atoms with E-state index in [1.807, 2.05) is 0 Å². The van der Waals surface area contributed by atoms with E-state index >= 15 is 0 Å². The summed E-state index contributed by atoms with van der Waals surface area (Å²) in [6.45, 7) is 2.84. The Bertz CT molecular complexity index is 458. The number of hydrogen-bond acceptors (Lipinski definition) is 3. The van der Waals surface area contributed by atoms with E-state index in [1.165, 1.54) is 25.2 Å². The molecule has 1 amide bonds. The Morgan fingerprint density at radius 3 is 2.68 bits per heavy atom. The maximum absolute atomic E-state index is 11.9. The van der Waals surface area contributed by atoms with Gasteiger partial charge in [0, 0.05) is 6.54 Å². The number of rotatable bonds is 4. The topological polar surface area (TPSA) is 79.5 Å². The number of carbonyl (C=O) groups excluding carboxylic acids is 1. The molecule has 1 aliphatic rings. The van der Waals surface area contributed by atoms with Gasteiger partial charge in [0.15, 0.2) is 0 Å². The summed E-state index contributed by atoms with van der Waals surface area (Å²) in [6.07, 6.45) is 5.85. The minimum absolute atomic E-state index is 0.0882. The molecular formula is C14H19NO4. The molecule has 1 heterocycles. The molecule has 2 rings (SSSR count). The Morgan fingerprint density at radius 2 is 2.05 bits per heavy atom. The molecule has 0 spiro atoms. The number of furan rings is 1. The number of hydrogen-bond donors (Lipinski definition) is 2. The molecule has 1 aliphatic carbocycles. The Morgan fingerprint density at radius 1 is 1.37 bits per heavy atom. The molecule has 1 aromatic rings. The first kappa shape index (κ1) is 13.6. The van der Waals surface area contributed by atoms with Crippen LogP contribution in [0.15, 0.2) is 16.7 Å². The van der Waals surface area contributed by atoms with E-state index in [2.05, 4.69) is 12.2 Å². The molecule has 1 aromatic heterocycles. The van der Waals surface area contributed by atoms with Crippen molar-refractivity contribution in [3.05, 3.63) is 23.7 Å². The number of nitrogens with one attached hydrogen (secondary N) is 1. The van der Waals surface area contributed by atoms with E-state index in [0.717, 1.165) is 18.8 Å². The average molecular weight is 265 g/mol. The summed E-state index contributed by atoms with van der Waals surface area (Å²) in [7, 11) is 0. The van der Waals surface area contributed by atoms with Crippen LogP contribution >= 0.6 is 0 Å². The second kappa shape index (κ2) is 5.91. The average Bonchev–Trinajstić information content (AvgIpc) is 2.87. The van der Waals surface area contributed by atoms with Crippen molar-refractivity contribution in [3.63, 3.8) is 0 Å². The summed E-state index contributed by atoms with van der Waals surface area (Å²) in [5.74, 6) is -0.442. The Hall–Kier alpha value is -1.78. The quantitative estimate of drug-likeness (QED) is 0.876. The van der Waals surface area contributed by atoms with Crippen LogP contribution in [0.1, 0.15) is 53.5 Å². The number of amides is 1. The van der Waals surface area contributed by atoms with Crippen LogP contribution in [0.4, 0.5) is 0 Å². The third-order valence-electron chi connectivity index (χ3n) is 3.79. The monoisotopic (exact) mass is 265 g/mol. The first-order valence-electron chi connectivity index (χ1n) is 6.67. The van der Waals surface area contributed by atoms with E-state index in [0.29, 0.717) is 12.5 Å². The van der Waals surface area contributed by atoms with Crippen LogP contribution in [0.25, 0.3) is 0 Å². The van der Waals surface area contributed by atoms with Gasteiger partial charge in [-0.3, -0.25) is 4.79 Å². The Kier molecular flexibility index (Phi) is 4.24. The number of carboxylic acid groups (broad SMARTS) is 1. The third-order valence-corrected chi connectivity index (χ3v) is 3.79. The molecule has 19 heavy (non-hydrogen) atoms. The summed E-state index contributed by atoms with van der Waals surface area (Å²) in [5, 5.41) is 11.7. The molecule has 0 aliphatic heterocycles. The highest BCUT2D eigenvalue weighted by Crippen LogP contribution is 2.27. The van der Waals surface area contributed by atoms with Gasteiger partial charge in [-0.1, -0.05) is 19.8 Å². The van der Waals surface area contributed by atoms with Gasteiger partial charge in [-0.15, -0.1) is 0 Å². The van der Waals surface area contributed by atoms with Crippen molar-refractivity contribution >= 4 is 11.9 Å². The van der Waals surface area contributed by atoms with Gasteiger partial charge in [-0.25, -0.2) is 4.79 Å². The number of carbonyl (C=O) groups is 2. The van der Waals surface area contributed by atoms with Crippen LogP contribution in [0.5, 0.6) is 0 Å². The second-order valence-corrected chi connectivity index (χ2v) is 5.30. The first-order chi connectivity index (χ1) is 9.08. The van der Waals surface area contributed by atoms with Crippen LogP contribution in [-0.4, -0.2) is 23.5 Å². The predicted molar refractivity (Wildman–Crippen MR) is 69.1 cm³/mol. The molecule has 5 heteroatoms. The standard InChI is InChI=1S/C14H19NO4/c1-9-2-4-10(5-3-9)8-15-13(16)12-11(14(17)18)6-7-19-12/h6-7,9-10H,2-5,8H2,1H3,(H,15,16)(H,17,18). The molecule has 0 bridgehead atoms. The first-order valence-corrected chi connectivity index (χ1v) is 6.67. The lowest BCUT2D eigenvalue weighted by Crippen LogP contribution is -2.31. The summed E-state index contributed by atoms with van der Waals surface area (Å²) < 4.78 is 4.95. The second-order valence-electron chi connectivity index (χ2n) is 5.30. The molecular weight excluding hydrogens is 246 g/mol. The molecule has 104 valence electrons. The van der Waals surface area contributed by atoms with Crippen molar-refractivity contribution in [2.24, 2.45) is 11.8 Å². The van der Waals surface area contributed by atoms with Crippen LogP contribution in [-0.2, 0) is 0 Å². The van der Waals surface area contributed by atoms with Crippen LogP contribution in [0, 0.1) is 11.8 Å². The zero-order chi connectivity index (χ0) is 13.8. The van der Waals surface area contributed by atoms with Crippen LogP contribution < -0.4 is 5.32 Å². The van der Waals surface area contributed by atoms with Gasteiger partial charge >= 0.3 is 5.97 Å². The largest absolute Gasteiger partial charge is 0.478 e. The van der Waals surface area contributed by atoms with Gasteiger partial charge in [0.1, 0.15) is 5.56 Å². The fraction of sp³-hybridized carbons (Fsp3) is 0.571. The summed E-state index contributed by atoms with van der Waals surface area (Å²) in [4.78, 5) is 22.8. The van der Waals surface area contributed by atoms with E-state index < -0.39 is 11.9 Å². The van der Waals surface area contributed by atoms with Gasteiger partial charge in [-0.05, 0) is 30.7 Å². The SMILES string of the molecule is CC1CCC(CNC(=O)c2occc2C(=O)O)CC1. The summed E-state index contributed by atoms with van der Waals surface area (Å²) in [6, 6.07) is 1.29. The maximum Gasteiger partial charge on any atom is 0.339 e. The lowest BCUT2D eigenvalue weighted by atomic mass is 9.83. The lowest BCUT2D eigenvalue weighted by Gasteiger charge is -2.26. The van der Waals surface area contributed by atoms with Gasteiger partial charge in [-0.2, -0.15) is 0 Å². The summed E-state index contributed by atoms with van der Waals surface area (Å²) >= 11 is 0. The smallest absolute Gasteiger partial charge is 0.339 e.